The number of nitrogens with one attached hydrogen (secondary N) is 2. The fourth-order valence-electron chi connectivity index (χ4n) is 3.70. The van der Waals surface area contributed by atoms with Crippen LogP contribution >= 0.6 is 0 Å². The zero-order valence-corrected chi connectivity index (χ0v) is 16.2. The molecule has 2 unspecified atom stereocenters. The molecule has 2 atom stereocenters. The van der Waals surface area contributed by atoms with E-state index < -0.39 is 15.8 Å². The Morgan fingerprint density at radius 3 is 2.56 bits per heavy atom. The maximum Gasteiger partial charge on any atom is 0.240 e. The lowest BCUT2D eigenvalue weighted by Gasteiger charge is -2.30. The van der Waals surface area contributed by atoms with Crippen LogP contribution in [0.4, 0.5) is 4.39 Å². The first-order chi connectivity index (χ1) is 13.0. The molecular formula is C21H27FN2O2S. The van der Waals surface area contributed by atoms with Crippen LogP contribution in [0.1, 0.15) is 31.2 Å². The van der Waals surface area contributed by atoms with Crippen molar-refractivity contribution in [2.24, 2.45) is 5.92 Å². The quantitative estimate of drug-likeness (QED) is 0.679. The van der Waals surface area contributed by atoms with Gasteiger partial charge in [-0.05, 0) is 74.4 Å². The SMILES string of the molecule is O=S(=O)(NCCCC1CC(Cc2ccccc2)CCN1)c1ccc(F)cc1. The highest BCUT2D eigenvalue weighted by Gasteiger charge is 2.21. The third kappa shape index (κ3) is 6.13. The standard InChI is InChI=1S/C21H27FN2O2S/c22-19-8-10-21(11-9-19)27(25,26)24-13-4-7-20-16-18(12-14-23-20)15-17-5-2-1-3-6-17/h1-3,5-6,8-11,18,20,23-24H,4,7,12-16H2. The van der Waals surface area contributed by atoms with Gasteiger partial charge in [0.1, 0.15) is 5.82 Å². The summed E-state index contributed by atoms with van der Waals surface area (Å²) in [5, 5.41) is 3.55. The van der Waals surface area contributed by atoms with Crippen molar-refractivity contribution in [3.63, 3.8) is 0 Å². The van der Waals surface area contributed by atoms with Crippen LogP contribution < -0.4 is 10.0 Å². The Balaban J connectivity index is 1.41. The van der Waals surface area contributed by atoms with Crippen LogP contribution in [0, 0.1) is 11.7 Å². The zero-order valence-electron chi connectivity index (χ0n) is 15.4. The van der Waals surface area contributed by atoms with E-state index in [9.17, 15) is 12.8 Å². The molecule has 0 bridgehead atoms. The number of halogens is 1. The fraction of sp³-hybridized carbons (Fsp3) is 0.429. The number of hydrogen-bond donors (Lipinski definition) is 2. The molecule has 2 N–H and O–H groups in total. The minimum atomic E-state index is -3.57. The Morgan fingerprint density at radius 2 is 1.81 bits per heavy atom. The van der Waals surface area contributed by atoms with Gasteiger partial charge in [-0.1, -0.05) is 30.3 Å². The molecular weight excluding hydrogens is 363 g/mol. The number of sulfonamides is 1. The maximum absolute atomic E-state index is 12.9. The summed E-state index contributed by atoms with van der Waals surface area (Å²) in [5.74, 6) is 0.233. The molecule has 2 aromatic rings. The highest BCUT2D eigenvalue weighted by atomic mass is 32.2. The molecule has 1 fully saturated rings. The summed E-state index contributed by atoms with van der Waals surface area (Å²) in [6.07, 6.45) is 5.13. The first kappa shape index (κ1) is 20.0. The normalized spacial score (nSPS) is 20.5. The van der Waals surface area contributed by atoms with Gasteiger partial charge in [0.15, 0.2) is 0 Å². The highest BCUT2D eigenvalue weighted by Crippen LogP contribution is 2.23. The number of piperidine rings is 1. The Morgan fingerprint density at radius 1 is 1.07 bits per heavy atom. The van der Waals surface area contributed by atoms with Crippen molar-refractivity contribution in [3.8, 4) is 0 Å². The average Bonchev–Trinajstić information content (AvgIpc) is 2.67. The second kappa shape index (κ2) is 9.44. The predicted molar refractivity (Wildman–Crippen MR) is 105 cm³/mol. The predicted octanol–water partition coefficient (Wildman–Crippen LogP) is 3.50. The van der Waals surface area contributed by atoms with Gasteiger partial charge in [0, 0.05) is 12.6 Å². The van der Waals surface area contributed by atoms with Gasteiger partial charge in [-0.25, -0.2) is 17.5 Å². The summed E-state index contributed by atoms with van der Waals surface area (Å²) < 4.78 is 39.9. The molecule has 27 heavy (non-hydrogen) atoms. The molecule has 3 rings (SSSR count). The fourth-order valence-corrected chi connectivity index (χ4v) is 4.77. The Labute approximate surface area is 161 Å². The monoisotopic (exact) mass is 390 g/mol. The summed E-state index contributed by atoms with van der Waals surface area (Å²) in [6.45, 7) is 1.41. The molecule has 0 amide bonds. The summed E-state index contributed by atoms with van der Waals surface area (Å²) >= 11 is 0. The Kier molecular flexibility index (Phi) is 6.99. The molecule has 0 aromatic heterocycles. The second-order valence-corrected chi connectivity index (χ2v) is 8.99. The third-order valence-electron chi connectivity index (χ3n) is 5.12. The summed E-state index contributed by atoms with van der Waals surface area (Å²) in [7, 11) is -3.57. The number of rotatable bonds is 8. The van der Waals surface area contributed by atoms with Crippen LogP contribution in [0.5, 0.6) is 0 Å². The minimum Gasteiger partial charge on any atom is -0.314 e. The third-order valence-corrected chi connectivity index (χ3v) is 6.59. The smallest absolute Gasteiger partial charge is 0.240 e. The molecule has 6 heteroatoms. The van der Waals surface area contributed by atoms with E-state index in [1.54, 1.807) is 0 Å². The summed E-state index contributed by atoms with van der Waals surface area (Å²) in [4.78, 5) is 0.0996. The number of hydrogen-bond acceptors (Lipinski definition) is 3. The van der Waals surface area contributed by atoms with Crippen LogP contribution in [-0.2, 0) is 16.4 Å². The van der Waals surface area contributed by atoms with E-state index in [1.165, 1.54) is 24.1 Å². The molecule has 0 aliphatic carbocycles. The van der Waals surface area contributed by atoms with Gasteiger partial charge in [0.05, 0.1) is 4.90 Å². The van der Waals surface area contributed by atoms with E-state index in [0.717, 1.165) is 44.4 Å². The summed E-state index contributed by atoms with van der Waals surface area (Å²) in [5.41, 5.74) is 1.38. The van der Waals surface area contributed by atoms with Crippen molar-refractivity contribution in [2.75, 3.05) is 13.1 Å². The minimum absolute atomic E-state index is 0.0996. The molecule has 2 aromatic carbocycles. The van der Waals surface area contributed by atoms with Crippen molar-refractivity contribution >= 4 is 10.0 Å². The van der Waals surface area contributed by atoms with Gasteiger partial charge in [-0.15, -0.1) is 0 Å². The van der Waals surface area contributed by atoms with E-state index in [-0.39, 0.29) is 4.90 Å². The molecule has 1 aliphatic heterocycles. The molecule has 0 radical (unpaired) electrons. The number of benzene rings is 2. The molecule has 146 valence electrons. The second-order valence-electron chi connectivity index (χ2n) is 7.23. The lowest BCUT2D eigenvalue weighted by atomic mass is 9.86. The van der Waals surface area contributed by atoms with Gasteiger partial charge in [-0.3, -0.25) is 0 Å². The Hall–Kier alpha value is -1.76. The van der Waals surface area contributed by atoms with Crippen LogP contribution in [0.2, 0.25) is 0 Å². The van der Waals surface area contributed by atoms with Crippen molar-refractivity contribution in [1.29, 1.82) is 0 Å². The molecule has 0 saturated carbocycles. The van der Waals surface area contributed by atoms with E-state index in [2.05, 4.69) is 34.3 Å². The van der Waals surface area contributed by atoms with Gasteiger partial charge in [-0.2, -0.15) is 0 Å². The molecule has 4 nitrogen and oxygen atoms in total. The average molecular weight is 391 g/mol. The maximum atomic E-state index is 12.9. The van der Waals surface area contributed by atoms with Crippen LogP contribution in [0.15, 0.2) is 59.5 Å². The van der Waals surface area contributed by atoms with Crippen molar-refractivity contribution < 1.29 is 12.8 Å². The first-order valence-corrected chi connectivity index (χ1v) is 11.0. The first-order valence-electron chi connectivity index (χ1n) is 9.55. The van der Waals surface area contributed by atoms with Gasteiger partial charge >= 0.3 is 0 Å². The molecule has 1 aliphatic rings. The van der Waals surface area contributed by atoms with E-state index >= 15 is 0 Å². The van der Waals surface area contributed by atoms with E-state index in [4.69, 9.17) is 0 Å². The van der Waals surface area contributed by atoms with Crippen LogP contribution in [0.3, 0.4) is 0 Å². The lowest BCUT2D eigenvalue weighted by molar-refractivity contribution is 0.286. The molecule has 1 saturated heterocycles. The van der Waals surface area contributed by atoms with Crippen molar-refractivity contribution in [3.05, 3.63) is 66.0 Å². The van der Waals surface area contributed by atoms with Crippen molar-refractivity contribution in [1.82, 2.24) is 10.0 Å². The van der Waals surface area contributed by atoms with Gasteiger partial charge < -0.3 is 5.32 Å². The van der Waals surface area contributed by atoms with Gasteiger partial charge in [0.2, 0.25) is 10.0 Å². The molecule has 1 heterocycles. The Bertz CT molecular complexity index is 810. The van der Waals surface area contributed by atoms with Crippen LogP contribution in [0.25, 0.3) is 0 Å². The van der Waals surface area contributed by atoms with Crippen LogP contribution in [-0.4, -0.2) is 27.5 Å². The highest BCUT2D eigenvalue weighted by molar-refractivity contribution is 7.89. The zero-order chi connectivity index (χ0) is 19.1. The van der Waals surface area contributed by atoms with Crippen molar-refractivity contribution in [2.45, 2.75) is 43.0 Å². The molecule has 0 spiro atoms. The topological polar surface area (TPSA) is 58.2 Å². The summed E-state index contributed by atoms with van der Waals surface area (Å²) in [6, 6.07) is 15.9. The van der Waals surface area contributed by atoms with E-state index in [1.807, 2.05) is 6.07 Å². The lowest BCUT2D eigenvalue weighted by Crippen LogP contribution is -2.39. The largest absolute Gasteiger partial charge is 0.314 e. The van der Waals surface area contributed by atoms with Gasteiger partial charge in [0.25, 0.3) is 0 Å². The van der Waals surface area contributed by atoms with E-state index in [0.29, 0.717) is 18.5 Å².